The lowest BCUT2D eigenvalue weighted by molar-refractivity contribution is -0.384. The van der Waals surface area contributed by atoms with E-state index in [-0.39, 0.29) is 5.69 Å². The van der Waals surface area contributed by atoms with Crippen LogP contribution in [0.4, 0.5) is 5.69 Å². The normalized spacial score (nSPS) is 10.6. The largest absolute Gasteiger partial charge is 0.440 e. The van der Waals surface area contributed by atoms with Crippen LogP contribution in [0.5, 0.6) is 0 Å². The van der Waals surface area contributed by atoms with Crippen LogP contribution in [0.3, 0.4) is 0 Å². The minimum Gasteiger partial charge on any atom is -0.440 e. The second-order valence-corrected chi connectivity index (χ2v) is 4.37. The van der Waals surface area contributed by atoms with Crippen molar-refractivity contribution in [2.24, 2.45) is 5.73 Å². The smallest absolute Gasteiger partial charge is 0.281 e. The average Bonchev–Trinajstić information content (AvgIpc) is 2.84. The molecule has 0 atom stereocenters. The Hall–Kier alpha value is -1.92. The molecule has 0 aliphatic rings. The van der Waals surface area contributed by atoms with Gasteiger partial charge in [-0.1, -0.05) is 11.6 Å². The highest BCUT2D eigenvalue weighted by molar-refractivity contribution is 6.30. The maximum Gasteiger partial charge on any atom is 0.281 e. The van der Waals surface area contributed by atoms with Crippen molar-refractivity contribution in [2.45, 2.75) is 12.8 Å². The van der Waals surface area contributed by atoms with E-state index < -0.39 is 4.92 Å². The number of aromatic nitrogens is 1. The number of nitro groups is 1. The molecular formula is C12H12ClN3O3. The minimum absolute atomic E-state index is 0.103. The van der Waals surface area contributed by atoms with Crippen LogP contribution in [0.15, 0.2) is 28.8 Å². The fraction of sp³-hybridized carbons (Fsp3) is 0.250. The molecule has 0 radical (unpaired) electrons. The lowest BCUT2D eigenvalue weighted by Gasteiger charge is -1.99. The quantitative estimate of drug-likeness (QED) is 0.671. The zero-order chi connectivity index (χ0) is 13.8. The average molecular weight is 282 g/mol. The minimum atomic E-state index is -0.497. The molecule has 1 aromatic carbocycles. The first kappa shape index (κ1) is 13.5. The van der Waals surface area contributed by atoms with E-state index in [9.17, 15) is 10.1 Å². The summed E-state index contributed by atoms with van der Waals surface area (Å²) in [6.07, 6.45) is 2.84. The van der Waals surface area contributed by atoms with Gasteiger partial charge in [-0.25, -0.2) is 4.98 Å². The molecule has 0 aliphatic carbocycles. The van der Waals surface area contributed by atoms with Crippen molar-refractivity contribution in [2.75, 3.05) is 6.54 Å². The summed E-state index contributed by atoms with van der Waals surface area (Å²) in [5, 5.41) is 11.3. The standard InChI is InChI=1S/C12H12ClN3O3/c13-8-3-4-9(10(6-8)16(17)18)11-7-15-12(19-11)2-1-5-14/h3-4,6-7H,1-2,5,14H2. The first-order chi connectivity index (χ1) is 9.11. The van der Waals surface area contributed by atoms with E-state index in [2.05, 4.69) is 4.98 Å². The number of aryl methyl sites for hydroxylation is 1. The van der Waals surface area contributed by atoms with Gasteiger partial charge in [0.15, 0.2) is 11.7 Å². The lowest BCUT2D eigenvalue weighted by atomic mass is 10.1. The molecule has 7 heteroatoms. The highest BCUT2D eigenvalue weighted by atomic mass is 35.5. The molecule has 6 nitrogen and oxygen atoms in total. The van der Waals surface area contributed by atoms with E-state index in [1.54, 1.807) is 12.1 Å². The third kappa shape index (κ3) is 3.10. The summed E-state index contributed by atoms with van der Waals surface area (Å²) in [5.41, 5.74) is 5.66. The van der Waals surface area contributed by atoms with Crippen LogP contribution in [-0.4, -0.2) is 16.5 Å². The summed E-state index contributed by atoms with van der Waals surface area (Å²) in [4.78, 5) is 14.6. The monoisotopic (exact) mass is 281 g/mol. The van der Waals surface area contributed by atoms with Crippen LogP contribution in [0.1, 0.15) is 12.3 Å². The van der Waals surface area contributed by atoms with Gasteiger partial charge in [-0.05, 0) is 25.1 Å². The summed E-state index contributed by atoms with van der Waals surface area (Å²) in [5.74, 6) is 0.875. The van der Waals surface area contributed by atoms with E-state index in [0.717, 1.165) is 6.42 Å². The van der Waals surface area contributed by atoms with E-state index >= 15 is 0 Å². The van der Waals surface area contributed by atoms with Crippen molar-refractivity contribution >= 4 is 17.3 Å². The number of oxazole rings is 1. The molecule has 2 aromatic rings. The second-order valence-electron chi connectivity index (χ2n) is 3.93. The van der Waals surface area contributed by atoms with Gasteiger partial charge in [-0.3, -0.25) is 10.1 Å². The maximum absolute atomic E-state index is 11.0. The first-order valence-electron chi connectivity index (χ1n) is 5.71. The number of nitrogens with two attached hydrogens (primary N) is 1. The van der Waals surface area contributed by atoms with Gasteiger partial charge in [-0.15, -0.1) is 0 Å². The molecule has 0 saturated heterocycles. The number of benzene rings is 1. The SMILES string of the molecule is NCCCc1ncc(-c2ccc(Cl)cc2[N+](=O)[O-])o1. The Bertz CT molecular complexity index is 598. The number of hydrogen-bond acceptors (Lipinski definition) is 5. The summed E-state index contributed by atoms with van der Waals surface area (Å²) >= 11 is 5.76. The van der Waals surface area contributed by atoms with Crippen LogP contribution in [0.25, 0.3) is 11.3 Å². The zero-order valence-electron chi connectivity index (χ0n) is 10.0. The van der Waals surface area contributed by atoms with Gasteiger partial charge in [0, 0.05) is 17.5 Å². The molecular weight excluding hydrogens is 270 g/mol. The Kier molecular flexibility index (Phi) is 4.13. The van der Waals surface area contributed by atoms with E-state index in [1.165, 1.54) is 12.3 Å². The van der Waals surface area contributed by atoms with Gasteiger partial charge in [0.1, 0.15) is 0 Å². The van der Waals surface area contributed by atoms with Gasteiger partial charge in [0.25, 0.3) is 5.69 Å². The molecule has 2 rings (SSSR count). The van der Waals surface area contributed by atoms with Crippen LogP contribution in [-0.2, 0) is 6.42 Å². The number of nitro benzene ring substituents is 1. The summed E-state index contributed by atoms with van der Waals surface area (Å²) in [7, 11) is 0. The molecule has 19 heavy (non-hydrogen) atoms. The summed E-state index contributed by atoms with van der Waals surface area (Å²) < 4.78 is 5.49. The van der Waals surface area contributed by atoms with Crippen molar-refractivity contribution < 1.29 is 9.34 Å². The fourth-order valence-corrected chi connectivity index (χ4v) is 1.83. The molecule has 0 fully saturated rings. The number of nitrogens with zero attached hydrogens (tertiary/aromatic N) is 2. The third-order valence-electron chi connectivity index (χ3n) is 2.57. The van der Waals surface area contributed by atoms with Gasteiger partial charge >= 0.3 is 0 Å². The molecule has 0 aliphatic heterocycles. The Morgan fingerprint density at radius 2 is 2.26 bits per heavy atom. The first-order valence-corrected chi connectivity index (χ1v) is 6.08. The molecule has 0 saturated carbocycles. The van der Waals surface area contributed by atoms with E-state index in [4.69, 9.17) is 21.8 Å². The summed E-state index contributed by atoms with van der Waals surface area (Å²) in [6.45, 7) is 0.540. The van der Waals surface area contributed by atoms with Crippen LogP contribution in [0.2, 0.25) is 5.02 Å². The molecule has 0 unspecified atom stereocenters. The maximum atomic E-state index is 11.0. The molecule has 0 spiro atoms. The Morgan fingerprint density at radius 1 is 1.47 bits per heavy atom. The summed E-state index contributed by atoms with van der Waals surface area (Å²) in [6, 6.07) is 4.42. The molecule has 2 N–H and O–H groups in total. The topological polar surface area (TPSA) is 95.2 Å². The Morgan fingerprint density at radius 3 is 2.95 bits per heavy atom. The predicted octanol–water partition coefficient (Wildman–Crippen LogP) is 2.79. The van der Waals surface area contributed by atoms with Gasteiger partial charge < -0.3 is 10.2 Å². The van der Waals surface area contributed by atoms with Gasteiger partial charge in [0.2, 0.25) is 0 Å². The zero-order valence-corrected chi connectivity index (χ0v) is 10.8. The molecule has 0 amide bonds. The van der Waals surface area contributed by atoms with E-state index in [1.807, 2.05) is 0 Å². The number of hydrogen-bond donors (Lipinski definition) is 1. The molecule has 100 valence electrons. The number of halogens is 1. The van der Waals surface area contributed by atoms with Gasteiger partial charge in [-0.2, -0.15) is 0 Å². The van der Waals surface area contributed by atoms with E-state index in [0.29, 0.717) is 35.2 Å². The highest BCUT2D eigenvalue weighted by Crippen LogP contribution is 2.32. The van der Waals surface area contributed by atoms with Gasteiger partial charge in [0.05, 0.1) is 16.7 Å². The Balaban J connectivity index is 2.36. The van der Waals surface area contributed by atoms with Crippen molar-refractivity contribution in [3.05, 3.63) is 45.4 Å². The van der Waals surface area contributed by atoms with Crippen molar-refractivity contribution in [1.82, 2.24) is 4.98 Å². The van der Waals surface area contributed by atoms with Crippen LogP contribution >= 0.6 is 11.6 Å². The lowest BCUT2D eigenvalue weighted by Crippen LogP contribution is -2.00. The second kappa shape index (κ2) is 5.81. The third-order valence-corrected chi connectivity index (χ3v) is 2.81. The highest BCUT2D eigenvalue weighted by Gasteiger charge is 2.19. The molecule has 1 aromatic heterocycles. The molecule has 0 bridgehead atoms. The van der Waals surface area contributed by atoms with Crippen LogP contribution in [0, 0.1) is 10.1 Å². The Labute approximate surface area is 114 Å². The molecule has 1 heterocycles. The van der Waals surface area contributed by atoms with Crippen molar-refractivity contribution in [3.63, 3.8) is 0 Å². The van der Waals surface area contributed by atoms with Crippen molar-refractivity contribution in [3.8, 4) is 11.3 Å². The van der Waals surface area contributed by atoms with Crippen molar-refractivity contribution in [1.29, 1.82) is 0 Å². The van der Waals surface area contributed by atoms with Crippen LogP contribution < -0.4 is 5.73 Å². The number of rotatable bonds is 5. The predicted molar refractivity (Wildman–Crippen MR) is 71.0 cm³/mol. The fourth-order valence-electron chi connectivity index (χ4n) is 1.67.